The summed E-state index contributed by atoms with van der Waals surface area (Å²) in [5.41, 5.74) is 4.26. The van der Waals surface area contributed by atoms with Gasteiger partial charge in [-0.3, -0.25) is 14.6 Å². The third-order valence-corrected chi connectivity index (χ3v) is 3.74. The number of benzene rings is 1. The van der Waals surface area contributed by atoms with Crippen molar-refractivity contribution in [2.24, 2.45) is 5.73 Å². The molecule has 2 aromatic rings. The summed E-state index contributed by atoms with van der Waals surface area (Å²) in [4.78, 5) is 38.8. The van der Waals surface area contributed by atoms with E-state index >= 15 is 0 Å². The number of hydrogen-bond donors (Lipinski definition) is 3. The first-order chi connectivity index (χ1) is 11.2. The van der Waals surface area contributed by atoms with Gasteiger partial charge in [-0.1, -0.05) is 23.7 Å². The Morgan fingerprint density at radius 1 is 1.25 bits per heavy atom. The molecule has 2 rings (SSSR count). The molecule has 0 spiro atoms. The second kappa shape index (κ2) is 6.67. The average Bonchev–Trinajstić information content (AvgIpc) is 2.54. The largest absolute Gasteiger partial charge is 0.478 e. The molecule has 2 amide bonds. The van der Waals surface area contributed by atoms with Gasteiger partial charge in [-0.05, 0) is 36.8 Å². The number of primary amides is 1. The van der Waals surface area contributed by atoms with Crippen LogP contribution in [0.1, 0.15) is 33.3 Å². The summed E-state index contributed by atoms with van der Waals surface area (Å²) >= 11 is 5.92. The molecule has 0 aliphatic carbocycles. The van der Waals surface area contributed by atoms with Crippen LogP contribution in [0.3, 0.4) is 0 Å². The summed E-state index contributed by atoms with van der Waals surface area (Å²) in [6.07, 6.45) is 1.05. The summed E-state index contributed by atoms with van der Waals surface area (Å²) in [6.45, 7) is 1.45. The summed E-state index contributed by atoms with van der Waals surface area (Å²) in [5.74, 6) is -2.61. The van der Waals surface area contributed by atoms with Gasteiger partial charge in [0.1, 0.15) is 11.2 Å². The lowest BCUT2D eigenvalue weighted by molar-refractivity contribution is -0.123. The van der Waals surface area contributed by atoms with Crippen molar-refractivity contribution in [1.82, 2.24) is 10.3 Å². The molecule has 124 valence electrons. The molecule has 1 aromatic heterocycles. The fraction of sp³-hybridized carbons (Fsp3) is 0.125. The Morgan fingerprint density at radius 3 is 2.46 bits per heavy atom. The zero-order valence-corrected chi connectivity index (χ0v) is 13.4. The van der Waals surface area contributed by atoms with Crippen molar-refractivity contribution >= 4 is 29.4 Å². The standard InChI is InChI=1S/C16H14ClN3O4/c1-16(15(18)24,10-3-2-4-11(17)7-10)20-13(21)12-6-5-9(8-19-12)14(22)23/h2-8H,1H3,(H2,18,24)(H,20,21)(H,22,23). The van der Waals surface area contributed by atoms with Crippen molar-refractivity contribution in [3.05, 3.63) is 64.4 Å². The van der Waals surface area contributed by atoms with Gasteiger partial charge in [0.05, 0.1) is 5.56 Å². The third kappa shape index (κ3) is 3.52. The molecule has 0 fully saturated rings. The molecular formula is C16H14ClN3O4. The molecule has 1 unspecified atom stereocenters. The number of aromatic carboxylic acids is 1. The first kappa shape index (κ1) is 17.4. The van der Waals surface area contributed by atoms with Crippen LogP contribution < -0.4 is 11.1 Å². The molecule has 24 heavy (non-hydrogen) atoms. The zero-order chi connectivity index (χ0) is 17.9. The second-order valence-corrected chi connectivity index (χ2v) is 5.63. The third-order valence-electron chi connectivity index (χ3n) is 3.50. The fourth-order valence-electron chi connectivity index (χ4n) is 2.02. The van der Waals surface area contributed by atoms with Gasteiger partial charge in [0.2, 0.25) is 5.91 Å². The van der Waals surface area contributed by atoms with Crippen molar-refractivity contribution in [1.29, 1.82) is 0 Å². The van der Waals surface area contributed by atoms with Gasteiger partial charge >= 0.3 is 5.97 Å². The van der Waals surface area contributed by atoms with E-state index < -0.39 is 23.3 Å². The van der Waals surface area contributed by atoms with Crippen molar-refractivity contribution in [3.63, 3.8) is 0 Å². The maximum absolute atomic E-state index is 12.3. The van der Waals surface area contributed by atoms with Gasteiger partial charge < -0.3 is 16.2 Å². The van der Waals surface area contributed by atoms with Gasteiger partial charge in [0, 0.05) is 11.2 Å². The lowest BCUT2D eigenvalue weighted by Crippen LogP contribution is -2.52. The van der Waals surface area contributed by atoms with Crippen LogP contribution in [-0.4, -0.2) is 27.9 Å². The highest BCUT2D eigenvalue weighted by Gasteiger charge is 2.35. The highest BCUT2D eigenvalue weighted by molar-refractivity contribution is 6.30. The number of nitrogens with one attached hydrogen (secondary N) is 1. The maximum Gasteiger partial charge on any atom is 0.337 e. The van der Waals surface area contributed by atoms with Crippen molar-refractivity contribution in [2.45, 2.75) is 12.5 Å². The van der Waals surface area contributed by atoms with Crippen LogP contribution in [0.15, 0.2) is 42.6 Å². The predicted molar refractivity (Wildman–Crippen MR) is 86.7 cm³/mol. The first-order valence-electron chi connectivity index (χ1n) is 6.82. The van der Waals surface area contributed by atoms with E-state index in [1.54, 1.807) is 18.2 Å². The van der Waals surface area contributed by atoms with Gasteiger partial charge in [0.15, 0.2) is 0 Å². The minimum Gasteiger partial charge on any atom is -0.478 e. The van der Waals surface area contributed by atoms with Crippen LogP contribution in [0.4, 0.5) is 0 Å². The quantitative estimate of drug-likeness (QED) is 0.757. The number of aromatic nitrogens is 1. The van der Waals surface area contributed by atoms with Gasteiger partial charge in [-0.15, -0.1) is 0 Å². The highest BCUT2D eigenvalue weighted by Crippen LogP contribution is 2.24. The van der Waals surface area contributed by atoms with Crippen LogP contribution in [-0.2, 0) is 10.3 Å². The van der Waals surface area contributed by atoms with Gasteiger partial charge in [-0.25, -0.2) is 4.79 Å². The zero-order valence-electron chi connectivity index (χ0n) is 12.6. The van der Waals surface area contributed by atoms with E-state index in [1.807, 2.05) is 0 Å². The summed E-state index contributed by atoms with van der Waals surface area (Å²) in [7, 11) is 0. The molecule has 0 bridgehead atoms. The Labute approximate surface area is 142 Å². The Balaban J connectivity index is 2.32. The van der Waals surface area contributed by atoms with Crippen LogP contribution in [0, 0.1) is 0 Å². The summed E-state index contributed by atoms with van der Waals surface area (Å²) in [5, 5.41) is 11.7. The smallest absolute Gasteiger partial charge is 0.337 e. The van der Waals surface area contributed by atoms with E-state index in [4.69, 9.17) is 22.4 Å². The Morgan fingerprint density at radius 2 is 1.96 bits per heavy atom. The molecule has 0 radical (unpaired) electrons. The molecule has 0 aliphatic rings. The molecular weight excluding hydrogens is 334 g/mol. The number of carboxylic acid groups (broad SMARTS) is 1. The Hall–Kier alpha value is -2.93. The van der Waals surface area contributed by atoms with E-state index in [1.165, 1.54) is 25.1 Å². The number of carbonyl (C=O) groups excluding carboxylic acids is 2. The average molecular weight is 348 g/mol. The SMILES string of the molecule is CC(NC(=O)c1ccc(C(=O)O)cn1)(C(N)=O)c1cccc(Cl)c1. The van der Waals surface area contributed by atoms with Crippen molar-refractivity contribution in [2.75, 3.05) is 0 Å². The number of amides is 2. The minimum absolute atomic E-state index is 0.0468. The fourth-order valence-corrected chi connectivity index (χ4v) is 2.21. The van der Waals surface area contributed by atoms with E-state index in [9.17, 15) is 14.4 Å². The van der Waals surface area contributed by atoms with E-state index in [2.05, 4.69) is 10.3 Å². The maximum atomic E-state index is 12.3. The Kier molecular flexibility index (Phi) is 4.85. The Bertz CT molecular complexity index is 807. The van der Waals surface area contributed by atoms with Crippen molar-refractivity contribution in [3.8, 4) is 0 Å². The first-order valence-corrected chi connectivity index (χ1v) is 7.19. The molecule has 1 aromatic carbocycles. The number of carboxylic acids is 1. The predicted octanol–water partition coefficient (Wildman–Crippen LogP) is 1.56. The molecule has 1 heterocycles. The summed E-state index contributed by atoms with van der Waals surface area (Å²) < 4.78 is 0. The molecule has 7 nitrogen and oxygen atoms in total. The number of rotatable bonds is 5. The molecule has 4 N–H and O–H groups in total. The highest BCUT2D eigenvalue weighted by atomic mass is 35.5. The van der Waals surface area contributed by atoms with Crippen LogP contribution in [0.2, 0.25) is 5.02 Å². The minimum atomic E-state index is -1.50. The van der Waals surface area contributed by atoms with Crippen molar-refractivity contribution < 1.29 is 19.5 Å². The van der Waals surface area contributed by atoms with Crippen LogP contribution in [0.25, 0.3) is 0 Å². The number of pyridine rings is 1. The number of hydrogen-bond acceptors (Lipinski definition) is 4. The van der Waals surface area contributed by atoms with Gasteiger partial charge in [0.25, 0.3) is 5.91 Å². The second-order valence-electron chi connectivity index (χ2n) is 5.19. The summed E-state index contributed by atoms with van der Waals surface area (Å²) in [6, 6.07) is 8.88. The monoisotopic (exact) mass is 347 g/mol. The van der Waals surface area contributed by atoms with E-state index in [0.29, 0.717) is 10.6 Å². The van der Waals surface area contributed by atoms with E-state index in [-0.39, 0.29) is 11.3 Å². The van der Waals surface area contributed by atoms with Crippen LogP contribution >= 0.6 is 11.6 Å². The van der Waals surface area contributed by atoms with Crippen LogP contribution in [0.5, 0.6) is 0 Å². The van der Waals surface area contributed by atoms with Gasteiger partial charge in [-0.2, -0.15) is 0 Å². The number of nitrogens with two attached hydrogens (primary N) is 1. The number of carbonyl (C=O) groups is 3. The molecule has 0 aliphatic heterocycles. The normalized spacial score (nSPS) is 12.9. The lowest BCUT2D eigenvalue weighted by atomic mass is 9.91. The van der Waals surface area contributed by atoms with E-state index in [0.717, 1.165) is 6.20 Å². The number of halogens is 1. The molecule has 1 atom stereocenters. The number of nitrogens with zero attached hydrogens (tertiary/aromatic N) is 1. The molecule has 8 heteroatoms. The molecule has 0 saturated heterocycles. The molecule has 0 saturated carbocycles. The lowest BCUT2D eigenvalue weighted by Gasteiger charge is -2.28. The topological polar surface area (TPSA) is 122 Å².